The molecule has 0 aliphatic heterocycles. The lowest BCUT2D eigenvalue weighted by atomic mass is 10.5. The van der Waals surface area contributed by atoms with Gasteiger partial charge >= 0.3 is 0 Å². The van der Waals surface area contributed by atoms with Crippen LogP contribution in [-0.2, 0) is 9.84 Å². The Balaban J connectivity index is 2.31. The number of pyridine rings is 1. The van der Waals surface area contributed by atoms with Gasteiger partial charge < -0.3 is 5.32 Å². The topological polar surface area (TPSA) is 109 Å². The summed E-state index contributed by atoms with van der Waals surface area (Å²) in [4.78, 5) is 11.0. The van der Waals surface area contributed by atoms with E-state index in [4.69, 9.17) is 5.26 Å². The molecule has 7 nitrogen and oxygen atoms in total. The van der Waals surface area contributed by atoms with Gasteiger partial charge in [-0.25, -0.2) is 23.4 Å². The number of nitrogens with one attached hydrogen (secondary N) is 1. The van der Waals surface area contributed by atoms with Gasteiger partial charge in [-0.2, -0.15) is 5.26 Å². The lowest BCUT2D eigenvalue weighted by Crippen LogP contribution is -2.07. The van der Waals surface area contributed by atoms with Gasteiger partial charge in [0.25, 0.3) is 0 Å². The first kappa shape index (κ1) is 13.6. The van der Waals surface area contributed by atoms with Crippen LogP contribution in [0.5, 0.6) is 0 Å². The number of aromatic nitrogens is 3. The van der Waals surface area contributed by atoms with Crippen molar-refractivity contribution in [2.75, 3.05) is 5.32 Å². The number of hydrogen-bond acceptors (Lipinski definition) is 7. The monoisotopic (exact) mass is 287 g/mol. The van der Waals surface area contributed by atoms with Crippen molar-refractivity contribution < 1.29 is 8.42 Å². The first-order valence-electron chi connectivity index (χ1n) is 5.44. The van der Waals surface area contributed by atoms with Crippen LogP contribution in [0.1, 0.15) is 0 Å². The van der Waals surface area contributed by atoms with Crippen LogP contribution in [0.4, 0.5) is 5.95 Å². The third-order valence-electron chi connectivity index (χ3n) is 2.21. The standard InChI is InChI=1S/C12H9N5O2S/c13-8-10(9-17-12-15-6-3-7-16-12)20(18,19)11-4-1-2-5-14-11/h1-7,9H,(H,15,16,17)/b10-9+. The number of hydrogen-bond donors (Lipinski definition) is 1. The minimum absolute atomic E-state index is 0.191. The Hall–Kier alpha value is -2.79. The largest absolute Gasteiger partial charge is 0.329 e. The second-order valence-electron chi connectivity index (χ2n) is 3.51. The van der Waals surface area contributed by atoms with E-state index < -0.39 is 14.7 Å². The van der Waals surface area contributed by atoms with Gasteiger partial charge in [-0.05, 0) is 18.2 Å². The Labute approximate surface area is 115 Å². The summed E-state index contributed by atoms with van der Waals surface area (Å²) in [5.41, 5.74) is 0. The van der Waals surface area contributed by atoms with Crippen molar-refractivity contribution in [3.8, 4) is 6.07 Å². The maximum Gasteiger partial charge on any atom is 0.235 e. The van der Waals surface area contributed by atoms with Crippen LogP contribution in [0, 0.1) is 11.3 Å². The number of sulfone groups is 1. The fourth-order valence-electron chi connectivity index (χ4n) is 1.29. The van der Waals surface area contributed by atoms with Crippen LogP contribution < -0.4 is 5.32 Å². The van der Waals surface area contributed by atoms with E-state index in [2.05, 4.69) is 20.3 Å². The summed E-state index contributed by atoms with van der Waals surface area (Å²) in [6.45, 7) is 0. The zero-order chi connectivity index (χ0) is 14.4. The second-order valence-corrected chi connectivity index (χ2v) is 5.37. The van der Waals surface area contributed by atoms with Crippen LogP contribution >= 0.6 is 0 Å². The van der Waals surface area contributed by atoms with E-state index >= 15 is 0 Å². The molecule has 2 rings (SSSR count). The molecular formula is C12H9N5O2S. The Morgan fingerprint density at radius 2 is 1.85 bits per heavy atom. The van der Waals surface area contributed by atoms with Crippen molar-refractivity contribution in [1.29, 1.82) is 5.26 Å². The van der Waals surface area contributed by atoms with E-state index in [0.717, 1.165) is 6.20 Å². The highest BCUT2D eigenvalue weighted by molar-refractivity contribution is 7.95. The molecule has 0 atom stereocenters. The van der Waals surface area contributed by atoms with Crippen molar-refractivity contribution in [3.05, 3.63) is 54.0 Å². The lowest BCUT2D eigenvalue weighted by Gasteiger charge is -2.02. The maximum atomic E-state index is 12.2. The molecule has 0 radical (unpaired) electrons. The number of nitrogens with zero attached hydrogens (tertiary/aromatic N) is 4. The minimum Gasteiger partial charge on any atom is -0.329 e. The normalized spacial score (nSPS) is 11.7. The van der Waals surface area contributed by atoms with Crippen LogP contribution in [0.15, 0.2) is 59.0 Å². The molecule has 20 heavy (non-hydrogen) atoms. The molecule has 8 heteroatoms. The van der Waals surface area contributed by atoms with Crippen molar-refractivity contribution >= 4 is 15.8 Å². The molecule has 0 unspecified atom stereocenters. The molecule has 100 valence electrons. The zero-order valence-corrected chi connectivity index (χ0v) is 10.9. The second kappa shape index (κ2) is 5.90. The molecule has 1 N–H and O–H groups in total. The van der Waals surface area contributed by atoms with Crippen molar-refractivity contribution in [1.82, 2.24) is 15.0 Å². The van der Waals surface area contributed by atoms with Gasteiger partial charge in [0.2, 0.25) is 15.8 Å². The maximum absolute atomic E-state index is 12.2. The molecule has 0 aromatic carbocycles. The van der Waals surface area contributed by atoms with Crippen molar-refractivity contribution in [3.63, 3.8) is 0 Å². The van der Waals surface area contributed by atoms with E-state index in [9.17, 15) is 8.42 Å². The summed E-state index contributed by atoms with van der Waals surface area (Å²) in [5, 5.41) is 11.4. The number of anilines is 1. The highest BCUT2D eigenvalue weighted by atomic mass is 32.2. The third-order valence-corrected chi connectivity index (χ3v) is 3.79. The summed E-state index contributed by atoms with van der Waals surface area (Å²) in [7, 11) is -3.95. The predicted octanol–water partition coefficient (Wildman–Crippen LogP) is 1.12. The highest BCUT2D eigenvalue weighted by Gasteiger charge is 2.21. The van der Waals surface area contributed by atoms with Gasteiger partial charge in [0, 0.05) is 24.8 Å². The predicted molar refractivity (Wildman–Crippen MR) is 70.8 cm³/mol. The van der Waals surface area contributed by atoms with Gasteiger partial charge in [-0.1, -0.05) is 6.07 Å². The van der Waals surface area contributed by atoms with Crippen molar-refractivity contribution in [2.24, 2.45) is 0 Å². The summed E-state index contributed by atoms with van der Waals surface area (Å²) in [5.74, 6) is 0.191. The summed E-state index contributed by atoms with van der Waals surface area (Å²) in [6.07, 6.45) is 5.36. The number of nitriles is 1. The van der Waals surface area contributed by atoms with Gasteiger partial charge in [0.05, 0.1) is 0 Å². The van der Waals surface area contributed by atoms with E-state index in [1.54, 1.807) is 18.2 Å². The quantitative estimate of drug-likeness (QED) is 0.839. The average Bonchev–Trinajstić information content (AvgIpc) is 2.49. The summed E-state index contributed by atoms with van der Waals surface area (Å²) in [6, 6.07) is 7.68. The van der Waals surface area contributed by atoms with Gasteiger partial charge in [0.15, 0.2) is 9.93 Å². The molecule has 2 heterocycles. The molecule has 0 saturated carbocycles. The summed E-state index contributed by atoms with van der Waals surface area (Å²) < 4.78 is 24.3. The molecular weight excluding hydrogens is 278 g/mol. The summed E-state index contributed by atoms with van der Waals surface area (Å²) >= 11 is 0. The lowest BCUT2D eigenvalue weighted by molar-refractivity contribution is 0.599. The third kappa shape index (κ3) is 2.96. The molecule has 0 spiro atoms. The average molecular weight is 287 g/mol. The van der Waals surface area contributed by atoms with Crippen LogP contribution in [0.25, 0.3) is 0 Å². The van der Waals surface area contributed by atoms with Gasteiger partial charge in [-0.15, -0.1) is 0 Å². The molecule has 0 fully saturated rings. The fourth-order valence-corrected chi connectivity index (χ4v) is 2.31. The van der Waals surface area contributed by atoms with Gasteiger partial charge in [0.1, 0.15) is 6.07 Å². The molecule has 0 bridgehead atoms. The van der Waals surface area contributed by atoms with Crippen LogP contribution in [0.3, 0.4) is 0 Å². The fraction of sp³-hybridized carbons (Fsp3) is 0. The molecule has 2 aromatic heterocycles. The van der Waals surface area contributed by atoms with E-state index in [1.165, 1.54) is 30.7 Å². The van der Waals surface area contributed by atoms with Gasteiger partial charge in [-0.3, -0.25) is 0 Å². The Morgan fingerprint density at radius 3 is 2.45 bits per heavy atom. The van der Waals surface area contributed by atoms with E-state index in [-0.39, 0.29) is 11.0 Å². The molecule has 2 aromatic rings. The number of rotatable bonds is 4. The van der Waals surface area contributed by atoms with Crippen LogP contribution in [-0.4, -0.2) is 23.4 Å². The Morgan fingerprint density at radius 1 is 1.15 bits per heavy atom. The Kier molecular flexibility index (Phi) is 4.02. The number of allylic oxidation sites excluding steroid dienone is 1. The molecule has 0 aliphatic rings. The zero-order valence-electron chi connectivity index (χ0n) is 10.1. The first-order valence-corrected chi connectivity index (χ1v) is 6.93. The molecule has 0 amide bonds. The van der Waals surface area contributed by atoms with Crippen LogP contribution in [0.2, 0.25) is 0 Å². The van der Waals surface area contributed by atoms with Crippen molar-refractivity contribution in [2.45, 2.75) is 5.03 Å². The van der Waals surface area contributed by atoms with E-state index in [0.29, 0.717) is 0 Å². The minimum atomic E-state index is -3.95. The molecule has 0 aliphatic carbocycles. The molecule has 0 saturated heterocycles. The first-order chi connectivity index (χ1) is 9.64. The smallest absolute Gasteiger partial charge is 0.235 e. The Bertz CT molecular complexity index is 751. The highest BCUT2D eigenvalue weighted by Crippen LogP contribution is 2.15. The van der Waals surface area contributed by atoms with E-state index in [1.807, 2.05) is 0 Å². The SMILES string of the molecule is N#C/C(=C\Nc1ncccn1)S(=O)(=O)c1ccccn1.